The van der Waals surface area contributed by atoms with E-state index in [0.717, 1.165) is 18.7 Å². The lowest BCUT2D eigenvalue weighted by Crippen LogP contribution is -2.06. The Hall–Kier alpha value is -0.470. The molecule has 0 radical (unpaired) electrons. The molecule has 0 aliphatic carbocycles. The average molecular weight is 181 g/mol. The highest BCUT2D eigenvalue weighted by molar-refractivity contribution is 7.97. The maximum absolute atomic E-state index is 3.72. The van der Waals surface area contributed by atoms with Crippen molar-refractivity contribution in [3.8, 4) is 0 Å². The highest BCUT2D eigenvalue weighted by Gasteiger charge is 2.07. The minimum absolute atomic E-state index is 0.973. The van der Waals surface area contributed by atoms with Gasteiger partial charge in [-0.15, -0.1) is 0 Å². The molecule has 1 nitrogen and oxygen atoms in total. The van der Waals surface area contributed by atoms with Crippen molar-refractivity contribution in [2.75, 3.05) is 12.3 Å². The summed E-state index contributed by atoms with van der Waals surface area (Å²) in [4.78, 5) is 0. The van der Waals surface area contributed by atoms with E-state index in [1.54, 1.807) is 11.9 Å². The zero-order valence-electron chi connectivity index (χ0n) is 7.47. The maximum atomic E-state index is 3.72. The topological polar surface area (TPSA) is 12.0 Å². The second-order valence-electron chi connectivity index (χ2n) is 2.66. The third-order valence-corrected chi connectivity index (χ3v) is 2.67. The largest absolute Gasteiger partial charge is 0.260 e. The number of rotatable bonds is 1. The van der Waals surface area contributed by atoms with Gasteiger partial charge in [-0.25, -0.2) is 0 Å². The molecular weight excluding hydrogens is 166 g/mol. The molecule has 1 N–H and O–H groups in total. The van der Waals surface area contributed by atoms with Crippen LogP contribution >= 0.6 is 11.9 Å². The highest BCUT2D eigenvalue weighted by Crippen LogP contribution is 2.20. The van der Waals surface area contributed by atoms with Crippen molar-refractivity contribution >= 4 is 11.9 Å². The molecule has 66 valence electrons. The van der Waals surface area contributed by atoms with E-state index in [0.29, 0.717) is 0 Å². The molecule has 0 bridgehead atoms. The Bertz CT molecular complexity index is 216. The van der Waals surface area contributed by atoms with Gasteiger partial charge in [-0.2, -0.15) is 0 Å². The Morgan fingerprint density at radius 3 is 3.00 bits per heavy atom. The van der Waals surface area contributed by atoms with E-state index < -0.39 is 0 Å². The number of hydrogen-bond acceptors (Lipinski definition) is 2. The van der Waals surface area contributed by atoms with Crippen LogP contribution in [0.3, 0.4) is 0 Å². The van der Waals surface area contributed by atoms with Crippen molar-refractivity contribution in [1.29, 1.82) is 0 Å². The number of hydrogen-bond donors (Lipinski definition) is 1. The zero-order valence-corrected chi connectivity index (χ0v) is 8.29. The van der Waals surface area contributed by atoms with E-state index in [2.05, 4.69) is 30.4 Å². The molecule has 1 aliphatic rings. The molecule has 0 spiro atoms. The summed E-state index contributed by atoms with van der Waals surface area (Å²) in [5.74, 6) is 1.15. The van der Waals surface area contributed by atoms with Gasteiger partial charge in [-0.1, -0.05) is 36.8 Å². The van der Waals surface area contributed by atoms with Gasteiger partial charge in [0.2, 0.25) is 0 Å². The normalized spacial score (nSPS) is 25.8. The molecule has 12 heavy (non-hydrogen) atoms. The summed E-state index contributed by atoms with van der Waals surface area (Å²) in [5, 5.41) is 0. The van der Waals surface area contributed by atoms with E-state index in [-0.39, 0.29) is 0 Å². The van der Waals surface area contributed by atoms with Crippen LogP contribution in [-0.2, 0) is 0 Å². The summed E-state index contributed by atoms with van der Waals surface area (Å²) in [6.45, 7) is 6.78. The first kappa shape index (κ1) is 9.62. The van der Waals surface area contributed by atoms with Crippen LogP contribution in [0.1, 0.15) is 13.3 Å². The van der Waals surface area contributed by atoms with Gasteiger partial charge in [0.05, 0.1) is 0 Å². The summed E-state index contributed by atoms with van der Waals surface area (Å²) < 4.78 is 3.31. The van der Waals surface area contributed by atoms with Crippen LogP contribution in [0.15, 0.2) is 36.0 Å². The van der Waals surface area contributed by atoms with Gasteiger partial charge in [-0.05, 0) is 24.5 Å². The van der Waals surface area contributed by atoms with Crippen LogP contribution < -0.4 is 4.72 Å². The summed E-state index contributed by atoms with van der Waals surface area (Å²) in [7, 11) is 0. The molecule has 0 saturated carbocycles. The van der Waals surface area contributed by atoms with E-state index in [4.69, 9.17) is 0 Å². The zero-order chi connectivity index (χ0) is 8.81. The molecule has 1 saturated heterocycles. The third kappa shape index (κ3) is 2.54. The van der Waals surface area contributed by atoms with Crippen LogP contribution in [0.5, 0.6) is 0 Å². The fourth-order valence-electron chi connectivity index (χ4n) is 1.26. The highest BCUT2D eigenvalue weighted by atomic mass is 32.2. The Morgan fingerprint density at radius 2 is 2.33 bits per heavy atom. The maximum Gasteiger partial charge on any atom is 0.0309 e. The Labute approximate surface area is 78.8 Å². The number of allylic oxidation sites excluding steroid dienone is 3. The molecule has 1 rings (SSSR count). The fourth-order valence-corrected chi connectivity index (χ4v) is 1.98. The lowest BCUT2D eigenvalue weighted by Gasteiger charge is -2.04. The molecule has 1 aliphatic heterocycles. The summed E-state index contributed by atoms with van der Waals surface area (Å²) in [5.41, 5.74) is 2.82. The monoisotopic (exact) mass is 181 g/mol. The standard InChI is InChI=1S/C10H15NS/c1-3-5-10-6-7-12-11-8-9(10)4-2/h3-5,11H,1,6-8H2,2H3/b9-4-,10-5-. The molecule has 1 heterocycles. The molecular formula is C10H15NS. The lowest BCUT2D eigenvalue weighted by molar-refractivity contribution is 1.04. The second kappa shape index (κ2) is 5.22. The molecule has 0 atom stereocenters. The molecule has 0 amide bonds. The minimum Gasteiger partial charge on any atom is -0.260 e. The Balaban J connectivity index is 2.78. The van der Waals surface area contributed by atoms with Gasteiger partial charge in [0.25, 0.3) is 0 Å². The quantitative estimate of drug-likeness (QED) is 0.624. The van der Waals surface area contributed by atoms with Crippen LogP contribution in [0.25, 0.3) is 0 Å². The lowest BCUT2D eigenvalue weighted by atomic mass is 10.0. The molecule has 0 aromatic carbocycles. The first-order valence-electron chi connectivity index (χ1n) is 4.20. The molecule has 1 fully saturated rings. The first-order chi connectivity index (χ1) is 5.88. The van der Waals surface area contributed by atoms with Gasteiger partial charge in [-0.3, -0.25) is 4.72 Å². The third-order valence-electron chi connectivity index (χ3n) is 1.92. The summed E-state index contributed by atoms with van der Waals surface area (Å²) in [6, 6.07) is 0. The minimum atomic E-state index is 0.973. The van der Waals surface area contributed by atoms with Gasteiger partial charge < -0.3 is 0 Å². The number of nitrogens with one attached hydrogen (secondary N) is 1. The van der Waals surface area contributed by atoms with Crippen molar-refractivity contribution < 1.29 is 0 Å². The van der Waals surface area contributed by atoms with Crippen LogP contribution in [-0.4, -0.2) is 12.3 Å². The molecule has 0 unspecified atom stereocenters. The van der Waals surface area contributed by atoms with Crippen molar-refractivity contribution in [3.05, 3.63) is 36.0 Å². The van der Waals surface area contributed by atoms with Crippen molar-refractivity contribution in [2.45, 2.75) is 13.3 Å². The van der Waals surface area contributed by atoms with Crippen molar-refractivity contribution in [2.24, 2.45) is 0 Å². The van der Waals surface area contributed by atoms with Crippen LogP contribution in [0.2, 0.25) is 0 Å². The molecule has 2 heteroatoms. The summed E-state index contributed by atoms with van der Waals surface area (Å²) in [6.07, 6.45) is 7.30. The molecule has 0 aromatic heterocycles. The molecule has 0 aromatic rings. The van der Waals surface area contributed by atoms with Gasteiger partial charge in [0.15, 0.2) is 0 Å². The predicted molar refractivity (Wildman–Crippen MR) is 57.1 cm³/mol. The van der Waals surface area contributed by atoms with Crippen LogP contribution in [0.4, 0.5) is 0 Å². The van der Waals surface area contributed by atoms with Crippen LogP contribution in [0, 0.1) is 0 Å². The Morgan fingerprint density at radius 1 is 1.50 bits per heavy atom. The SMILES string of the molecule is C=C/C=C1/CCSNC/C1=C/C. The van der Waals surface area contributed by atoms with E-state index >= 15 is 0 Å². The van der Waals surface area contributed by atoms with Gasteiger partial charge in [0.1, 0.15) is 0 Å². The fraction of sp³-hybridized carbons (Fsp3) is 0.400. The van der Waals surface area contributed by atoms with E-state index in [1.807, 2.05) is 6.08 Å². The van der Waals surface area contributed by atoms with E-state index in [9.17, 15) is 0 Å². The van der Waals surface area contributed by atoms with E-state index in [1.165, 1.54) is 11.1 Å². The van der Waals surface area contributed by atoms with Crippen molar-refractivity contribution in [1.82, 2.24) is 4.72 Å². The summed E-state index contributed by atoms with van der Waals surface area (Å²) >= 11 is 1.80. The predicted octanol–water partition coefficient (Wildman–Crippen LogP) is 2.69. The Kier molecular flexibility index (Phi) is 4.19. The second-order valence-corrected chi connectivity index (χ2v) is 3.65. The van der Waals surface area contributed by atoms with Gasteiger partial charge in [0, 0.05) is 12.3 Å². The average Bonchev–Trinajstić information content (AvgIpc) is 2.30. The first-order valence-corrected chi connectivity index (χ1v) is 5.19. The van der Waals surface area contributed by atoms with Gasteiger partial charge >= 0.3 is 0 Å². The van der Waals surface area contributed by atoms with Crippen molar-refractivity contribution in [3.63, 3.8) is 0 Å². The smallest absolute Gasteiger partial charge is 0.0309 e.